The van der Waals surface area contributed by atoms with Crippen molar-refractivity contribution in [2.45, 2.75) is 19.9 Å². The van der Waals surface area contributed by atoms with Gasteiger partial charge >= 0.3 is 0 Å². The number of rotatable bonds is 2. The second-order valence-corrected chi connectivity index (χ2v) is 6.20. The molecule has 1 fully saturated rings. The van der Waals surface area contributed by atoms with Crippen molar-refractivity contribution in [2.75, 3.05) is 36.8 Å². The van der Waals surface area contributed by atoms with E-state index < -0.39 is 0 Å². The van der Waals surface area contributed by atoms with Crippen LogP contribution in [0.5, 0.6) is 0 Å². The molecule has 4 nitrogen and oxygen atoms in total. The van der Waals surface area contributed by atoms with Crippen molar-refractivity contribution in [3.63, 3.8) is 0 Å². The van der Waals surface area contributed by atoms with Crippen molar-refractivity contribution in [1.82, 2.24) is 9.88 Å². The molecular weight excluding hydrogens is 256 g/mol. The summed E-state index contributed by atoms with van der Waals surface area (Å²) in [6, 6.07) is 4.90. The Labute approximate surface area is 117 Å². The molecule has 19 heavy (non-hydrogen) atoms. The second kappa shape index (κ2) is 4.98. The highest BCUT2D eigenvalue weighted by Crippen LogP contribution is 2.33. The third-order valence-electron chi connectivity index (χ3n) is 3.90. The van der Waals surface area contributed by atoms with Crippen LogP contribution in [0.3, 0.4) is 0 Å². The van der Waals surface area contributed by atoms with Gasteiger partial charge in [0.2, 0.25) is 0 Å². The number of nitrogens with zero attached hydrogens (tertiary/aromatic N) is 3. The SMILES string of the molecule is CC(C)N1CCN(c2ccc3scnc3c2N)CC1. The molecule has 0 saturated carbocycles. The largest absolute Gasteiger partial charge is 0.395 e. The molecule has 1 aliphatic rings. The molecule has 0 unspecified atom stereocenters. The fourth-order valence-electron chi connectivity index (χ4n) is 2.70. The average molecular weight is 276 g/mol. The Hall–Kier alpha value is -1.33. The molecule has 0 amide bonds. The summed E-state index contributed by atoms with van der Waals surface area (Å²) < 4.78 is 1.17. The maximum Gasteiger partial charge on any atom is 0.106 e. The molecule has 1 aromatic carbocycles. The van der Waals surface area contributed by atoms with Crippen LogP contribution in [0.2, 0.25) is 0 Å². The van der Waals surface area contributed by atoms with Crippen LogP contribution in [-0.2, 0) is 0 Å². The van der Waals surface area contributed by atoms with Gasteiger partial charge in [0, 0.05) is 32.2 Å². The number of nitrogen functional groups attached to an aromatic ring is 1. The van der Waals surface area contributed by atoms with Gasteiger partial charge in [-0.2, -0.15) is 0 Å². The molecule has 0 aliphatic carbocycles. The summed E-state index contributed by atoms with van der Waals surface area (Å²) in [5.41, 5.74) is 11.1. The van der Waals surface area contributed by atoms with E-state index in [1.165, 1.54) is 4.70 Å². The van der Waals surface area contributed by atoms with Gasteiger partial charge in [-0.1, -0.05) is 0 Å². The first-order chi connectivity index (χ1) is 9.16. The average Bonchev–Trinajstić information content (AvgIpc) is 2.88. The Kier molecular flexibility index (Phi) is 3.33. The first kappa shape index (κ1) is 12.7. The number of fused-ring (bicyclic) bond motifs is 1. The number of piperazine rings is 1. The number of aromatic nitrogens is 1. The highest BCUT2D eigenvalue weighted by molar-refractivity contribution is 7.16. The van der Waals surface area contributed by atoms with Gasteiger partial charge in [-0.05, 0) is 26.0 Å². The molecule has 5 heteroatoms. The van der Waals surface area contributed by atoms with Crippen molar-refractivity contribution >= 4 is 32.9 Å². The summed E-state index contributed by atoms with van der Waals surface area (Å²) in [7, 11) is 0. The molecular formula is C14H20N4S. The van der Waals surface area contributed by atoms with E-state index in [4.69, 9.17) is 5.73 Å². The van der Waals surface area contributed by atoms with E-state index in [2.05, 4.69) is 40.8 Å². The van der Waals surface area contributed by atoms with Crippen LogP contribution in [0.4, 0.5) is 11.4 Å². The summed E-state index contributed by atoms with van der Waals surface area (Å²) in [4.78, 5) is 9.26. The van der Waals surface area contributed by atoms with Crippen LogP contribution in [0, 0.1) is 0 Å². The van der Waals surface area contributed by atoms with Gasteiger partial charge in [0.25, 0.3) is 0 Å². The summed E-state index contributed by atoms with van der Waals surface area (Å²) in [6.07, 6.45) is 0. The molecule has 2 aromatic rings. The summed E-state index contributed by atoms with van der Waals surface area (Å²) >= 11 is 1.64. The molecule has 1 aromatic heterocycles. The lowest BCUT2D eigenvalue weighted by Crippen LogP contribution is -2.49. The second-order valence-electron chi connectivity index (χ2n) is 5.31. The molecule has 102 valence electrons. The fraction of sp³-hybridized carbons (Fsp3) is 0.500. The van der Waals surface area contributed by atoms with Gasteiger partial charge in [-0.3, -0.25) is 4.90 Å². The number of thiazole rings is 1. The van der Waals surface area contributed by atoms with Crippen LogP contribution in [0.1, 0.15) is 13.8 Å². The Balaban J connectivity index is 1.83. The number of anilines is 2. The Morgan fingerprint density at radius 2 is 1.95 bits per heavy atom. The quantitative estimate of drug-likeness (QED) is 0.856. The van der Waals surface area contributed by atoms with E-state index in [0.717, 1.165) is 43.1 Å². The third-order valence-corrected chi connectivity index (χ3v) is 4.70. The van der Waals surface area contributed by atoms with E-state index >= 15 is 0 Å². The maximum atomic E-state index is 6.28. The Morgan fingerprint density at radius 3 is 2.63 bits per heavy atom. The lowest BCUT2D eigenvalue weighted by Gasteiger charge is -2.38. The van der Waals surface area contributed by atoms with Crippen LogP contribution in [0.25, 0.3) is 10.2 Å². The topological polar surface area (TPSA) is 45.4 Å². The minimum Gasteiger partial charge on any atom is -0.395 e. The van der Waals surface area contributed by atoms with Crippen molar-refractivity contribution in [3.8, 4) is 0 Å². The molecule has 0 spiro atoms. The van der Waals surface area contributed by atoms with Crippen LogP contribution >= 0.6 is 11.3 Å². The zero-order valence-electron chi connectivity index (χ0n) is 11.5. The van der Waals surface area contributed by atoms with Crippen molar-refractivity contribution in [3.05, 3.63) is 17.6 Å². The zero-order valence-corrected chi connectivity index (χ0v) is 12.3. The molecule has 3 rings (SSSR count). The summed E-state index contributed by atoms with van der Waals surface area (Å²) in [5, 5.41) is 0. The summed E-state index contributed by atoms with van der Waals surface area (Å²) in [5.74, 6) is 0. The Morgan fingerprint density at radius 1 is 1.21 bits per heavy atom. The first-order valence-electron chi connectivity index (χ1n) is 6.77. The minimum atomic E-state index is 0.625. The maximum absolute atomic E-state index is 6.28. The predicted octanol–water partition coefficient (Wildman–Crippen LogP) is 2.41. The zero-order chi connectivity index (χ0) is 13.4. The molecule has 1 saturated heterocycles. The fourth-order valence-corrected chi connectivity index (χ4v) is 3.39. The van der Waals surface area contributed by atoms with Crippen molar-refractivity contribution < 1.29 is 0 Å². The van der Waals surface area contributed by atoms with Gasteiger partial charge in [-0.25, -0.2) is 4.98 Å². The van der Waals surface area contributed by atoms with E-state index in [1.54, 1.807) is 11.3 Å². The lowest BCUT2D eigenvalue weighted by molar-refractivity contribution is 0.209. The lowest BCUT2D eigenvalue weighted by atomic mass is 10.2. The van der Waals surface area contributed by atoms with Gasteiger partial charge in [0.05, 0.1) is 21.6 Å². The molecule has 1 aliphatic heterocycles. The van der Waals surface area contributed by atoms with Crippen molar-refractivity contribution in [1.29, 1.82) is 0 Å². The van der Waals surface area contributed by atoms with Gasteiger partial charge in [0.15, 0.2) is 0 Å². The standard InChI is InChI=1S/C14H20N4S/c1-10(2)17-5-7-18(8-6-17)11-3-4-12-14(13(11)15)16-9-19-12/h3-4,9-10H,5-8,15H2,1-2H3. The number of hydrogen-bond donors (Lipinski definition) is 1. The van der Waals surface area contributed by atoms with E-state index in [-0.39, 0.29) is 0 Å². The smallest absolute Gasteiger partial charge is 0.106 e. The normalized spacial score (nSPS) is 17.5. The molecule has 0 bridgehead atoms. The number of hydrogen-bond acceptors (Lipinski definition) is 5. The van der Waals surface area contributed by atoms with Gasteiger partial charge in [0.1, 0.15) is 5.52 Å². The number of nitrogens with two attached hydrogens (primary N) is 1. The van der Waals surface area contributed by atoms with E-state index in [9.17, 15) is 0 Å². The first-order valence-corrected chi connectivity index (χ1v) is 7.65. The Bertz CT molecular complexity index is 570. The van der Waals surface area contributed by atoms with Gasteiger partial charge in [-0.15, -0.1) is 11.3 Å². The van der Waals surface area contributed by atoms with Crippen molar-refractivity contribution in [2.24, 2.45) is 0 Å². The highest BCUT2D eigenvalue weighted by atomic mass is 32.1. The molecule has 0 radical (unpaired) electrons. The third kappa shape index (κ3) is 2.28. The number of benzene rings is 1. The van der Waals surface area contributed by atoms with E-state index in [0.29, 0.717) is 6.04 Å². The van der Waals surface area contributed by atoms with Crippen LogP contribution < -0.4 is 10.6 Å². The molecule has 2 N–H and O–H groups in total. The molecule has 0 atom stereocenters. The van der Waals surface area contributed by atoms with Gasteiger partial charge < -0.3 is 10.6 Å². The highest BCUT2D eigenvalue weighted by Gasteiger charge is 2.21. The predicted molar refractivity (Wildman–Crippen MR) is 83.0 cm³/mol. The molecule has 2 heterocycles. The monoisotopic (exact) mass is 276 g/mol. The van der Waals surface area contributed by atoms with Crippen LogP contribution in [-0.4, -0.2) is 42.1 Å². The minimum absolute atomic E-state index is 0.625. The summed E-state index contributed by atoms with van der Waals surface area (Å²) in [6.45, 7) is 8.80. The van der Waals surface area contributed by atoms with Crippen LogP contribution in [0.15, 0.2) is 17.6 Å². The van der Waals surface area contributed by atoms with E-state index in [1.807, 2.05) is 5.51 Å².